The Kier molecular flexibility index (Phi) is 3.57. The molecule has 0 spiro atoms. The summed E-state index contributed by atoms with van der Waals surface area (Å²) in [4.78, 5) is 13.4. The van der Waals surface area contributed by atoms with E-state index in [1.54, 1.807) is 23.5 Å². The Labute approximate surface area is 121 Å². The average Bonchev–Trinajstić information content (AvgIpc) is 3.14. The molecule has 1 heterocycles. The van der Waals surface area contributed by atoms with Crippen LogP contribution < -0.4 is 4.90 Å². The Bertz CT molecular complexity index is 619. The lowest BCUT2D eigenvalue weighted by molar-refractivity contribution is 0.101. The molecule has 1 aliphatic rings. The summed E-state index contributed by atoms with van der Waals surface area (Å²) in [7, 11) is 0. The minimum Gasteiger partial charge on any atom is -0.362 e. The molecule has 1 fully saturated rings. The van der Waals surface area contributed by atoms with E-state index in [0.29, 0.717) is 17.3 Å². The van der Waals surface area contributed by atoms with Crippen LogP contribution in [0, 0.1) is 5.82 Å². The van der Waals surface area contributed by atoms with Gasteiger partial charge in [0.1, 0.15) is 5.82 Å². The van der Waals surface area contributed by atoms with Crippen LogP contribution in [0.3, 0.4) is 0 Å². The van der Waals surface area contributed by atoms with E-state index in [1.165, 1.54) is 18.6 Å². The summed E-state index contributed by atoms with van der Waals surface area (Å²) in [5.74, 6) is -0.411. The lowest BCUT2D eigenvalue weighted by Crippen LogP contribution is -2.25. The van der Waals surface area contributed by atoms with Crippen molar-refractivity contribution in [2.24, 2.45) is 0 Å². The van der Waals surface area contributed by atoms with Gasteiger partial charge in [-0.3, -0.25) is 4.79 Å². The van der Waals surface area contributed by atoms with E-state index in [2.05, 4.69) is 16.3 Å². The largest absolute Gasteiger partial charge is 0.362 e. The number of hydrogen-bond acceptors (Lipinski definition) is 3. The van der Waals surface area contributed by atoms with E-state index in [1.807, 2.05) is 5.38 Å². The number of carbonyl (C=O) groups excluding carboxylic acids is 1. The second-order valence-electron chi connectivity index (χ2n) is 5.21. The van der Waals surface area contributed by atoms with Crippen molar-refractivity contribution in [1.29, 1.82) is 0 Å². The molecule has 4 heteroatoms. The topological polar surface area (TPSA) is 20.3 Å². The number of benzene rings is 1. The van der Waals surface area contributed by atoms with Gasteiger partial charge in [-0.05, 0) is 60.4 Å². The highest BCUT2D eigenvalue weighted by Crippen LogP contribution is 2.35. The molecule has 2 nitrogen and oxygen atoms in total. The minimum absolute atomic E-state index is 0.105. The van der Waals surface area contributed by atoms with Crippen molar-refractivity contribution in [3.63, 3.8) is 0 Å². The maximum atomic E-state index is 14.3. The second-order valence-corrected chi connectivity index (χ2v) is 5.99. The van der Waals surface area contributed by atoms with Crippen LogP contribution in [0.15, 0.2) is 35.0 Å². The van der Waals surface area contributed by atoms with Crippen molar-refractivity contribution in [1.82, 2.24) is 0 Å². The first-order chi connectivity index (χ1) is 9.65. The van der Waals surface area contributed by atoms with Gasteiger partial charge in [0, 0.05) is 18.2 Å². The summed E-state index contributed by atoms with van der Waals surface area (Å²) in [6.45, 7) is 2.18. The molecule has 1 aromatic heterocycles. The molecular formula is C16H16FNOS. The summed E-state index contributed by atoms with van der Waals surface area (Å²) in [5.41, 5.74) is 2.23. The predicted molar refractivity (Wildman–Crippen MR) is 79.9 cm³/mol. The Morgan fingerprint density at radius 2 is 2.20 bits per heavy atom. The van der Waals surface area contributed by atoms with Crippen molar-refractivity contribution < 1.29 is 9.18 Å². The number of halogens is 1. The van der Waals surface area contributed by atoms with Gasteiger partial charge in [0.15, 0.2) is 5.78 Å². The molecule has 0 aliphatic heterocycles. The summed E-state index contributed by atoms with van der Waals surface area (Å²) in [6, 6.07) is 7.29. The number of Topliss-reactive ketones (excluding diaryl/α,β-unsaturated/α-hetero) is 1. The van der Waals surface area contributed by atoms with Gasteiger partial charge in [-0.15, -0.1) is 0 Å². The summed E-state index contributed by atoms with van der Waals surface area (Å²) >= 11 is 1.65. The molecule has 0 atom stereocenters. The third kappa shape index (κ3) is 2.75. The zero-order valence-corrected chi connectivity index (χ0v) is 12.1. The first-order valence-electron chi connectivity index (χ1n) is 6.73. The highest BCUT2D eigenvalue weighted by molar-refractivity contribution is 7.07. The molecule has 1 saturated carbocycles. The van der Waals surface area contributed by atoms with Crippen LogP contribution in [0.5, 0.6) is 0 Å². The van der Waals surface area contributed by atoms with E-state index in [-0.39, 0.29) is 11.6 Å². The van der Waals surface area contributed by atoms with Crippen molar-refractivity contribution >= 4 is 22.8 Å². The third-order valence-electron chi connectivity index (χ3n) is 3.58. The number of carbonyl (C=O) groups is 1. The number of anilines is 1. The molecule has 3 rings (SSSR count). The first kappa shape index (κ1) is 13.3. The summed E-state index contributed by atoms with van der Waals surface area (Å²) in [6.07, 6.45) is 2.22. The van der Waals surface area contributed by atoms with Gasteiger partial charge < -0.3 is 4.90 Å². The molecule has 2 aromatic rings. The Balaban J connectivity index is 1.89. The molecule has 1 aromatic carbocycles. The van der Waals surface area contributed by atoms with Gasteiger partial charge in [-0.25, -0.2) is 4.39 Å². The summed E-state index contributed by atoms with van der Waals surface area (Å²) < 4.78 is 14.3. The van der Waals surface area contributed by atoms with Gasteiger partial charge in [-0.2, -0.15) is 11.3 Å². The smallest absolute Gasteiger partial charge is 0.159 e. The molecule has 20 heavy (non-hydrogen) atoms. The first-order valence-corrected chi connectivity index (χ1v) is 7.67. The number of rotatable bonds is 5. The Hall–Kier alpha value is -1.68. The fourth-order valence-corrected chi connectivity index (χ4v) is 3.00. The van der Waals surface area contributed by atoms with Crippen molar-refractivity contribution in [2.45, 2.75) is 32.4 Å². The van der Waals surface area contributed by atoms with Crippen LogP contribution in [0.4, 0.5) is 10.1 Å². The second kappa shape index (κ2) is 5.37. The standard InChI is InChI=1S/C16H16FNOS/c1-11(19)13-2-5-16(15(17)8-13)18(14-3-4-14)9-12-6-7-20-10-12/h2,5-8,10,14H,3-4,9H2,1H3. The van der Waals surface area contributed by atoms with Gasteiger partial charge >= 0.3 is 0 Å². The third-order valence-corrected chi connectivity index (χ3v) is 4.32. The van der Waals surface area contributed by atoms with Gasteiger partial charge in [-0.1, -0.05) is 0 Å². The van der Waals surface area contributed by atoms with Crippen LogP contribution in [0.25, 0.3) is 0 Å². The van der Waals surface area contributed by atoms with E-state index in [4.69, 9.17) is 0 Å². The van der Waals surface area contributed by atoms with Crippen LogP contribution in [0.2, 0.25) is 0 Å². The van der Waals surface area contributed by atoms with Crippen LogP contribution in [0.1, 0.15) is 35.7 Å². The SMILES string of the molecule is CC(=O)c1ccc(N(Cc2ccsc2)C2CC2)c(F)c1. The molecule has 0 unspecified atom stereocenters. The normalized spacial score (nSPS) is 14.3. The van der Waals surface area contributed by atoms with Gasteiger partial charge in [0.05, 0.1) is 5.69 Å². The fraction of sp³-hybridized carbons (Fsp3) is 0.312. The molecule has 1 aliphatic carbocycles. The lowest BCUT2D eigenvalue weighted by atomic mass is 10.1. The van der Waals surface area contributed by atoms with E-state index in [0.717, 1.165) is 19.4 Å². The maximum absolute atomic E-state index is 14.3. The maximum Gasteiger partial charge on any atom is 0.159 e. The molecule has 0 radical (unpaired) electrons. The van der Waals surface area contributed by atoms with E-state index in [9.17, 15) is 9.18 Å². The van der Waals surface area contributed by atoms with Gasteiger partial charge in [0.25, 0.3) is 0 Å². The summed E-state index contributed by atoms with van der Waals surface area (Å²) in [5, 5.41) is 4.13. The highest BCUT2D eigenvalue weighted by Gasteiger charge is 2.31. The molecule has 0 saturated heterocycles. The van der Waals surface area contributed by atoms with Crippen LogP contribution in [-0.4, -0.2) is 11.8 Å². The highest BCUT2D eigenvalue weighted by atomic mass is 32.1. The van der Waals surface area contributed by atoms with E-state index < -0.39 is 0 Å². The zero-order chi connectivity index (χ0) is 14.1. The molecule has 0 amide bonds. The molecule has 0 N–H and O–H groups in total. The quantitative estimate of drug-likeness (QED) is 0.767. The number of nitrogens with zero attached hydrogens (tertiary/aromatic N) is 1. The minimum atomic E-state index is -0.306. The van der Waals surface area contributed by atoms with Crippen LogP contribution >= 0.6 is 11.3 Å². The van der Waals surface area contributed by atoms with Crippen LogP contribution in [-0.2, 0) is 6.54 Å². The molecule has 0 bridgehead atoms. The average molecular weight is 289 g/mol. The number of ketones is 1. The Morgan fingerprint density at radius 1 is 1.40 bits per heavy atom. The lowest BCUT2D eigenvalue weighted by Gasteiger charge is -2.25. The van der Waals surface area contributed by atoms with Crippen molar-refractivity contribution in [3.05, 3.63) is 52.0 Å². The monoisotopic (exact) mass is 289 g/mol. The zero-order valence-electron chi connectivity index (χ0n) is 11.3. The van der Waals surface area contributed by atoms with Crippen molar-refractivity contribution in [3.8, 4) is 0 Å². The fourth-order valence-electron chi connectivity index (χ4n) is 2.34. The Morgan fingerprint density at radius 3 is 2.75 bits per heavy atom. The molecular weight excluding hydrogens is 273 g/mol. The molecule has 104 valence electrons. The van der Waals surface area contributed by atoms with E-state index >= 15 is 0 Å². The van der Waals surface area contributed by atoms with Gasteiger partial charge in [0.2, 0.25) is 0 Å². The number of hydrogen-bond donors (Lipinski definition) is 0. The number of thiophene rings is 1. The van der Waals surface area contributed by atoms with Crippen molar-refractivity contribution in [2.75, 3.05) is 4.90 Å². The predicted octanol–water partition coefficient (Wildman–Crippen LogP) is 4.26.